The van der Waals surface area contributed by atoms with E-state index in [9.17, 15) is 0 Å². The largest absolute Gasteiger partial charge is 0.528 e. The molecule has 2 aromatic heterocycles. The van der Waals surface area contributed by atoms with Crippen LogP contribution in [-0.2, 0) is 196 Å². The molecule has 11 heteroatoms. The molecule has 0 aromatic carbocycles. The number of rotatable bonds is 0. The number of aromatic hydroxyl groups is 1. The summed E-state index contributed by atoms with van der Waals surface area (Å²) in [5, 5.41) is 12.7. The first kappa shape index (κ1) is 33.5. The third-order valence-electron chi connectivity index (χ3n) is 1.18. The van der Waals surface area contributed by atoms with E-state index >= 15 is 0 Å². The summed E-state index contributed by atoms with van der Waals surface area (Å²) < 4.78 is 1.12. The van der Waals surface area contributed by atoms with Crippen LogP contribution in [0, 0.1) is 19.3 Å². The van der Waals surface area contributed by atoms with Crippen LogP contribution in [0.3, 0.4) is 0 Å². The third-order valence-corrected chi connectivity index (χ3v) is 1.18. The van der Waals surface area contributed by atoms with Gasteiger partial charge in [0.25, 0.3) is 0 Å². The summed E-state index contributed by atoms with van der Waals surface area (Å²) in [6.07, 6.45) is 2.30. The molecule has 0 saturated carbocycles. The van der Waals surface area contributed by atoms with Gasteiger partial charge in [0.15, 0.2) is 0 Å². The molecule has 0 atom stereocenters. The summed E-state index contributed by atoms with van der Waals surface area (Å²) in [7, 11) is 0. The number of nitrogens with zero attached hydrogens (tertiary/aromatic N) is 4. The van der Waals surface area contributed by atoms with Gasteiger partial charge in [0, 0.05) is 202 Å². The van der Waals surface area contributed by atoms with Crippen LogP contribution < -0.4 is 0 Å². The van der Waals surface area contributed by atoms with E-state index in [0.29, 0.717) is 5.69 Å². The van der Waals surface area contributed by atoms with E-state index in [1.54, 1.807) is 0 Å². The molecular weight excluding hydrogens is 678 g/mol. The second-order valence-electron chi connectivity index (χ2n) is 1.93. The van der Waals surface area contributed by atoms with E-state index < -0.39 is 0 Å². The number of hydrogen-bond donors (Lipinski definition) is 1. The molecule has 0 unspecified atom stereocenters. The van der Waals surface area contributed by atoms with Crippen molar-refractivity contribution in [2.45, 2.75) is 0 Å². The Morgan fingerprint density at radius 1 is 1.06 bits per heavy atom. The molecule has 0 aliphatic heterocycles. The van der Waals surface area contributed by atoms with Gasteiger partial charge in [-0.05, 0) is 6.33 Å². The Kier molecular flexibility index (Phi) is 33.8. The van der Waals surface area contributed by atoms with Crippen LogP contribution in [-0.4, -0.2) is 24.7 Å². The number of hydrogen-bond acceptors (Lipinski definition) is 4. The van der Waals surface area contributed by atoms with Crippen molar-refractivity contribution in [3.05, 3.63) is 25.0 Å². The van der Waals surface area contributed by atoms with Crippen LogP contribution in [0.25, 0.3) is 5.78 Å². The van der Waals surface area contributed by atoms with E-state index in [0.717, 1.165) is 4.52 Å². The van der Waals surface area contributed by atoms with Crippen LogP contribution in [0.5, 0.6) is 5.88 Å². The maximum Gasteiger partial charge on any atom is 0.0857 e. The van der Waals surface area contributed by atoms with Gasteiger partial charge < -0.3 is 28.1 Å². The minimum atomic E-state index is -0.159. The maximum atomic E-state index is 9.15. The van der Waals surface area contributed by atoms with Gasteiger partial charge in [0.1, 0.15) is 0 Å². The van der Waals surface area contributed by atoms with Gasteiger partial charge in [-0.1, -0.05) is 0 Å². The molecule has 2 heterocycles. The molecular formula is C6H3N4OY6-3. The van der Waals surface area contributed by atoms with Crippen molar-refractivity contribution in [1.82, 2.24) is 19.6 Å². The first-order valence-electron chi connectivity index (χ1n) is 2.84. The standard InChI is InChI=1S/C6H3N4O.6Y/c1-4-2-5(11)10-6(9-4)7-3-8-10;;;;;;/h11H,1H2;;;;;;/q-3;;;;;;. The van der Waals surface area contributed by atoms with Gasteiger partial charge in [0.05, 0.1) is 5.78 Å². The van der Waals surface area contributed by atoms with E-state index in [1.165, 1.54) is 0 Å². The normalized spacial score (nSPS) is 6.82. The molecule has 74 valence electrons. The number of fused-ring (bicyclic) bond motifs is 1. The van der Waals surface area contributed by atoms with Crippen LogP contribution >= 0.6 is 0 Å². The fourth-order valence-corrected chi connectivity index (χ4v) is 0.749. The zero-order valence-corrected chi connectivity index (χ0v) is 25.9. The Morgan fingerprint density at radius 2 is 1.59 bits per heavy atom. The quantitative estimate of drug-likeness (QED) is 0.385. The summed E-state index contributed by atoms with van der Waals surface area (Å²) in [5.74, 6) is 0.111. The first-order chi connectivity index (χ1) is 5.27. The maximum absolute atomic E-state index is 9.15. The van der Waals surface area contributed by atoms with Crippen LogP contribution in [0.15, 0.2) is 0 Å². The monoisotopic (exact) mass is 680 g/mol. The van der Waals surface area contributed by atoms with E-state index in [1.807, 2.05) is 0 Å². The zero-order valence-electron chi connectivity index (χ0n) is 8.91. The Morgan fingerprint density at radius 3 is 2.12 bits per heavy atom. The van der Waals surface area contributed by atoms with E-state index in [-0.39, 0.29) is 208 Å². The second-order valence-corrected chi connectivity index (χ2v) is 1.93. The van der Waals surface area contributed by atoms with Crippen molar-refractivity contribution < 1.29 is 201 Å². The molecule has 0 fully saturated rings. The third kappa shape index (κ3) is 10.3. The van der Waals surface area contributed by atoms with Gasteiger partial charge in [-0.3, -0.25) is 15.3 Å². The Bertz CT molecular complexity index is 410. The molecule has 2 rings (SSSR count). The SMILES string of the molecule is [CH2-]c1[c-]c(O)n2n[c-]nc2n1.[Y].[Y].[Y].[Y].[Y].[Y]. The van der Waals surface area contributed by atoms with Crippen molar-refractivity contribution in [3.63, 3.8) is 0 Å². The van der Waals surface area contributed by atoms with Crippen molar-refractivity contribution in [2.24, 2.45) is 0 Å². The molecule has 0 aliphatic carbocycles. The van der Waals surface area contributed by atoms with Crippen LogP contribution in [0.4, 0.5) is 0 Å². The Hall–Kier alpha value is 4.84. The summed E-state index contributed by atoms with van der Waals surface area (Å²) in [5.41, 5.74) is 0.330. The van der Waals surface area contributed by atoms with Gasteiger partial charge in [-0.15, -0.1) is 0 Å². The molecule has 5 nitrogen and oxygen atoms in total. The van der Waals surface area contributed by atoms with Crippen LogP contribution in [0.2, 0.25) is 0 Å². The smallest absolute Gasteiger partial charge is 0.0857 e. The minimum absolute atomic E-state index is 0. The fraction of sp³-hybridized carbons (Fsp3) is 0. The van der Waals surface area contributed by atoms with Gasteiger partial charge in [-0.25, -0.2) is 0 Å². The van der Waals surface area contributed by atoms with Gasteiger partial charge in [0.2, 0.25) is 0 Å². The fourth-order valence-electron chi connectivity index (χ4n) is 0.749. The predicted molar refractivity (Wildman–Crippen MR) is 34.6 cm³/mol. The Balaban J connectivity index is -0.0000000800. The zero-order chi connectivity index (χ0) is 7.84. The van der Waals surface area contributed by atoms with E-state index in [4.69, 9.17) is 5.11 Å². The molecule has 2 aromatic rings. The summed E-state index contributed by atoms with van der Waals surface area (Å²) in [6.45, 7) is 3.49. The second kappa shape index (κ2) is 17.2. The van der Waals surface area contributed by atoms with Crippen molar-refractivity contribution in [2.75, 3.05) is 0 Å². The van der Waals surface area contributed by atoms with Crippen molar-refractivity contribution in [1.29, 1.82) is 0 Å². The molecule has 0 aliphatic rings. The minimum Gasteiger partial charge on any atom is -0.528 e. The van der Waals surface area contributed by atoms with Gasteiger partial charge >= 0.3 is 0 Å². The molecule has 6 radical (unpaired) electrons. The molecule has 0 bridgehead atoms. The molecule has 1 N–H and O–H groups in total. The molecule has 17 heavy (non-hydrogen) atoms. The first-order valence-corrected chi connectivity index (χ1v) is 2.84. The Labute approximate surface area is 251 Å². The van der Waals surface area contributed by atoms with Crippen LogP contribution in [0.1, 0.15) is 5.69 Å². The molecule has 0 spiro atoms. The molecule has 0 amide bonds. The van der Waals surface area contributed by atoms with E-state index in [2.05, 4.69) is 34.4 Å². The molecule has 0 saturated heterocycles. The topological polar surface area (TPSA) is 63.3 Å². The summed E-state index contributed by atoms with van der Waals surface area (Å²) in [6, 6.07) is 2.47. The predicted octanol–water partition coefficient (Wildman–Crippen LogP) is -0.403. The average molecular weight is 681 g/mol. The number of aromatic nitrogens is 4. The summed E-state index contributed by atoms with van der Waals surface area (Å²) in [4.78, 5) is 7.46. The summed E-state index contributed by atoms with van der Waals surface area (Å²) >= 11 is 0. The average Bonchev–Trinajstić information content (AvgIpc) is 2.34. The van der Waals surface area contributed by atoms with Crippen molar-refractivity contribution in [3.8, 4) is 5.88 Å². The van der Waals surface area contributed by atoms with Gasteiger partial charge in [-0.2, -0.15) is 0 Å². The van der Waals surface area contributed by atoms with Crippen molar-refractivity contribution >= 4 is 5.78 Å².